The second-order valence-electron chi connectivity index (χ2n) is 3.84. The molecule has 10 heteroatoms. The summed E-state index contributed by atoms with van der Waals surface area (Å²) in [5.41, 5.74) is 0. The molecule has 0 aliphatic heterocycles. The Morgan fingerprint density at radius 3 is 2.33 bits per heavy atom. The zero-order chi connectivity index (χ0) is 16.0. The number of nitrogens with zero attached hydrogens (tertiary/aromatic N) is 4. The molecule has 0 fully saturated rings. The van der Waals surface area contributed by atoms with Crippen LogP contribution in [0.5, 0.6) is 0 Å². The maximum absolute atomic E-state index is 12.5. The number of hydrogen-bond acceptors (Lipinski definition) is 5. The third-order valence-electron chi connectivity index (χ3n) is 2.29. The van der Waals surface area contributed by atoms with Gasteiger partial charge in [-0.2, -0.15) is 13.2 Å². The quantitative estimate of drug-likeness (QED) is 0.465. The number of aromatic nitrogens is 3. The molecule has 21 heavy (non-hydrogen) atoms. The summed E-state index contributed by atoms with van der Waals surface area (Å²) in [5, 5.41) is 6.11. The van der Waals surface area contributed by atoms with Crippen LogP contribution in [-0.4, -0.2) is 44.5 Å². The molecule has 1 rings (SSSR count). The van der Waals surface area contributed by atoms with Crippen LogP contribution in [0.15, 0.2) is 30.5 Å². The van der Waals surface area contributed by atoms with E-state index >= 15 is 0 Å². The Labute approximate surface area is 123 Å². The van der Waals surface area contributed by atoms with Crippen LogP contribution < -0.4 is 5.84 Å². The van der Waals surface area contributed by atoms with Crippen LogP contribution in [-0.2, 0) is 11.0 Å². The molecule has 0 aliphatic rings. The van der Waals surface area contributed by atoms with Gasteiger partial charge < -0.3 is 10.7 Å². The van der Waals surface area contributed by atoms with Crippen molar-refractivity contribution in [2.45, 2.75) is 11.3 Å². The van der Waals surface area contributed by atoms with Crippen molar-refractivity contribution in [1.82, 2.24) is 19.8 Å². The molecule has 0 radical (unpaired) electrons. The van der Waals surface area contributed by atoms with Crippen LogP contribution in [0.25, 0.3) is 0 Å². The van der Waals surface area contributed by atoms with Gasteiger partial charge in [0.1, 0.15) is 0 Å². The predicted octanol–water partition coefficient (Wildman–Crippen LogP) is 1.30. The van der Waals surface area contributed by atoms with Crippen molar-refractivity contribution >= 4 is 17.7 Å². The van der Waals surface area contributed by atoms with Gasteiger partial charge in [-0.3, -0.25) is 4.79 Å². The van der Waals surface area contributed by atoms with Crippen LogP contribution in [0.1, 0.15) is 5.82 Å². The zero-order valence-electron chi connectivity index (χ0n) is 11.0. The molecule has 0 bridgehead atoms. The van der Waals surface area contributed by atoms with Gasteiger partial charge >= 0.3 is 6.18 Å². The van der Waals surface area contributed by atoms with Crippen molar-refractivity contribution < 1.29 is 18.0 Å². The molecule has 1 amide bonds. The minimum Gasteiger partial charge on any atom is -0.335 e. The molecule has 0 saturated carbocycles. The number of nitrogen functional groups attached to an aromatic ring is 1. The summed E-state index contributed by atoms with van der Waals surface area (Å²) in [7, 11) is 0. The van der Waals surface area contributed by atoms with Gasteiger partial charge in [0.25, 0.3) is 5.82 Å². The van der Waals surface area contributed by atoms with E-state index in [1.54, 1.807) is 12.2 Å². The zero-order valence-corrected chi connectivity index (χ0v) is 11.8. The van der Waals surface area contributed by atoms with Crippen LogP contribution >= 0.6 is 11.8 Å². The number of hydrogen-bond donors (Lipinski definition) is 1. The Morgan fingerprint density at radius 1 is 1.33 bits per heavy atom. The number of carbonyl (C=O) groups is 1. The molecule has 0 aromatic carbocycles. The van der Waals surface area contributed by atoms with Gasteiger partial charge in [-0.15, -0.1) is 23.4 Å². The van der Waals surface area contributed by atoms with Crippen molar-refractivity contribution in [3.63, 3.8) is 0 Å². The van der Waals surface area contributed by atoms with Crippen LogP contribution in [0.2, 0.25) is 0 Å². The Bertz CT molecular complexity index is 518. The topological polar surface area (TPSA) is 77.0 Å². The molecule has 0 atom stereocenters. The lowest BCUT2D eigenvalue weighted by Crippen LogP contribution is -2.32. The number of alkyl halides is 3. The van der Waals surface area contributed by atoms with Crippen LogP contribution in [0.4, 0.5) is 13.2 Å². The van der Waals surface area contributed by atoms with E-state index in [0.29, 0.717) is 17.8 Å². The van der Waals surface area contributed by atoms with Crippen molar-refractivity contribution in [2.75, 3.05) is 24.7 Å². The summed E-state index contributed by atoms with van der Waals surface area (Å²) in [6, 6.07) is 0. The summed E-state index contributed by atoms with van der Waals surface area (Å²) in [4.78, 5) is 13.3. The molecule has 2 N–H and O–H groups in total. The SMILES string of the molecule is C=CCN(CC=C)C(=O)CSc1nnc(C(F)(F)F)n1N. The van der Waals surface area contributed by atoms with Crippen molar-refractivity contribution in [3.8, 4) is 0 Å². The molecule has 6 nitrogen and oxygen atoms in total. The number of amides is 1. The highest BCUT2D eigenvalue weighted by Crippen LogP contribution is 2.28. The maximum Gasteiger partial charge on any atom is 0.453 e. The lowest BCUT2D eigenvalue weighted by atomic mass is 10.4. The highest BCUT2D eigenvalue weighted by Gasteiger charge is 2.38. The lowest BCUT2D eigenvalue weighted by molar-refractivity contribution is -0.146. The molecular weight excluding hydrogens is 307 g/mol. The Balaban J connectivity index is 2.71. The molecule has 1 aromatic heterocycles. The average Bonchev–Trinajstić information content (AvgIpc) is 2.77. The predicted molar refractivity (Wildman–Crippen MR) is 72.9 cm³/mol. The van der Waals surface area contributed by atoms with Gasteiger partial charge in [-0.25, -0.2) is 4.68 Å². The van der Waals surface area contributed by atoms with Crippen molar-refractivity contribution in [3.05, 3.63) is 31.1 Å². The van der Waals surface area contributed by atoms with Crippen molar-refractivity contribution in [1.29, 1.82) is 0 Å². The molecule has 1 aromatic rings. The second-order valence-corrected chi connectivity index (χ2v) is 4.78. The second kappa shape index (κ2) is 7.16. The number of rotatable bonds is 7. The summed E-state index contributed by atoms with van der Waals surface area (Å²) in [5.74, 6) is 3.54. The Morgan fingerprint density at radius 2 is 1.90 bits per heavy atom. The van der Waals surface area contributed by atoms with Gasteiger partial charge in [-0.1, -0.05) is 23.9 Å². The first-order chi connectivity index (χ1) is 9.81. The largest absolute Gasteiger partial charge is 0.453 e. The minimum atomic E-state index is -4.69. The van der Waals surface area contributed by atoms with Gasteiger partial charge in [-0.05, 0) is 0 Å². The average molecular weight is 321 g/mol. The van der Waals surface area contributed by atoms with Gasteiger partial charge in [0.2, 0.25) is 11.1 Å². The minimum absolute atomic E-state index is 0.116. The van der Waals surface area contributed by atoms with Crippen LogP contribution in [0.3, 0.4) is 0 Å². The first-order valence-corrected chi connectivity index (χ1v) is 6.69. The van der Waals surface area contributed by atoms with E-state index in [1.807, 2.05) is 0 Å². The number of nitrogens with two attached hydrogens (primary N) is 1. The van der Waals surface area contributed by atoms with E-state index in [9.17, 15) is 18.0 Å². The third-order valence-corrected chi connectivity index (χ3v) is 3.22. The van der Waals surface area contributed by atoms with Crippen molar-refractivity contribution in [2.24, 2.45) is 0 Å². The molecule has 116 valence electrons. The summed E-state index contributed by atoms with van der Waals surface area (Å²) >= 11 is 0.777. The third kappa shape index (κ3) is 4.52. The number of halogens is 3. The molecule has 0 unspecified atom stereocenters. The monoisotopic (exact) mass is 321 g/mol. The van der Waals surface area contributed by atoms with Gasteiger partial charge in [0, 0.05) is 13.1 Å². The smallest absolute Gasteiger partial charge is 0.335 e. The van der Waals surface area contributed by atoms with E-state index < -0.39 is 12.0 Å². The van der Waals surface area contributed by atoms with E-state index in [4.69, 9.17) is 5.84 Å². The Hall–Kier alpha value is -1.97. The van der Waals surface area contributed by atoms with Gasteiger partial charge in [0.05, 0.1) is 5.75 Å². The summed E-state index contributed by atoms with van der Waals surface area (Å²) in [6.45, 7) is 7.67. The van der Waals surface area contributed by atoms with E-state index in [-0.39, 0.29) is 16.8 Å². The fourth-order valence-corrected chi connectivity index (χ4v) is 2.14. The number of carbonyl (C=O) groups excluding carboxylic acids is 1. The fraction of sp³-hybridized carbons (Fsp3) is 0.364. The number of thioether (sulfide) groups is 1. The van der Waals surface area contributed by atoms with E-state index in [2.05, 4.69) is 23.4 Å². The lowest BCUT2D eigenvalue weighted by Gasteiger charge is -2.18. The van der Waals surface area contributed by atoms with E-state index in [1.165, 1.54) is 4.90 Å². The molecule has 1 heterocycles. The Kier molecular flexibility index (Phi) is 5.82. The fourth-order valence-electron chi connectivity index (χ4n) is 1.38. The van der Waals surface area contributed by atoms with Crippen LogP contribution in [0, 0.1) is 0 Å². The first kappa shape index (κ1) is 17.1. The molecule has 0 saturated heterocycles. The highest BCUT2D eigenvalue weighted by atomic mass is 32.2. The summed E-state index contributed by atoms with van der Waals surface area (Å²) < 4.78 is 37.8. The van der Waals surface area contributed by atoms with Gasteiger partial charge in [0.15, 0.2) is 0 Å². The van der Waals surface area contributed by atoms with E-state index in [0.717, 1.165) is 11.8 Å². The standard InChI is InChI=1S/C11H14F3N5OS/c1-3-5-18(6-4-2)8(20)7-21-10-17-16-9(19(10)15)11(12,13)14/h3-4H,1-2,5-7,15H2. The molecule has 0 aliphatic carbocycles. The first-order valence-electron chi connectivity index (χ1n) is 5.71. The normalized spacial score (nSPS) is 11.2. The maximum atomic E-state index is 12.5. The summed E-state index contributed by atoms with van der Waals surface area (Å²) in [6.07, 6.45) is -1.61. The molecule has 0 spiro atoms. The molecular formula is C11H14F3N5OS. The highest BCUT2D eigenvalue weighted by molar-refractivity contribution is 7.99.